The fourth-order valence-electron chi connectivity index (χ4n) is 2.73. The first kappa shape index (κ1) is 13.8. The lowest BCUT2D eigenvalue weighted by atomic mass is 9.93. The lowest BCUT2D eigenvalue weighted by Crippen LogP contribution is -2.36. The van der Waals surface area contributed by atoms with E-state index >= 15 is 0 Å². The lowest BCUT2D eigenvalue weighted by molar-refractivity contribution is 0.0558. The molecule has 1 unspecified atom stereocenters. The molecular weight excluding hydrogens is 270 g/mol. The molecule has 0 bridgehead atoms. The van der Waals surface area contributed by atoms with Gasteiger partial charge in [-0.05, 0) is 37.1 Å². The number of nitrogens with zero attached hydrogens (tertiary/aromatic N) is 1. The van der Waals surface area contributed by atoms with Crippen molar-refractivity contribution in [2.45, 2.75) is 32.4 Å². The predicted molar refractivity (Wildman–Crippen MR) is 81.7 cm³/mol. The van der Waals surface area contributed by atoms with E-state index in [1.54, 1.807) is 11.3 Å². The van der Waals surface area contributed by atoms with Gasteiger partial charge in [0.25, 0.3) is 0 Å². The van der Waals surface area contributed by atoms with Crippen molar-refractivity contribution in [2.75, 3.05) is 13.2 Å². The molecule has 0 radical (unpaired) electrons. The molecule has 0 saturated carbocycles. The maximum atomic E-state index is 5.43. The molecule has 3 heterocycles. The predicted octanol–water partition coefficient (Wildman–Crippen LogP) is 3.04. The summed E-state index contributed by atoms with van der Waals surface area (Å²) in [6.07, 6.45) is 4.26. The molecule has 2 aromatic heterocycles. The Morgan fingerprint density at radius 3 is 3.10 bits per heavy atom. The second-order valence-corrected chi connectivity index (χ2v) is 6.31. The summed E-state index contributed by atoms with van der Waals surface area (Å²) in [5.41, 5.74) is 2.39. The number of aromatic amines is 1. The Morgan fingerprint density at radius 1 is 1.50 bits per heavy atom. The molecule has 0 aliphatic carbocycles. The van der Waals surface area contributed by atoms with Crippen LogP contribution in [0.3, 0.4) is 0 Å². The minimum atomic E-state index is 0.519. The van der Waals surface area contributed by atoms with E-state index in [1.165, 1.54) is 10.4 Å². The van der Waals surface area contributed by atoms with Gasteiger partial charge in [0.1, 0.15) is 0 Å². The van der Waals surface area contributed by atoms with Crippen molar-refractivity contribution < 1.29 is 4.74 Å². The summed E-state index contributed by atoms with van der Waals surface area (Å²) in [7, 11) is 0. The summed E-state index contributed by atoms with van der Waals surface area (Å²) in [5.74, 6) is 0.723. The highest BCUT2D eigenvalue weighted by molar-refractivity contribution is 7.13. The van der Waals surface area contributed by atoms with Gasteiger partial charge in [-0.15, -0.1) is 11.3 Å². The van der Waals surface area contributed by atoms with Crippen LogP contribution in [0.2, 0.25) is 0 Å². The molecule has 0 spiro atoms. The molecule has 4 nitrogen and oxygen atoms in total. The standard InChI is InChI=1S/C15H21N3OS/c1-11(12-4-6-19-7-5-12)16-9-13-10-17-18-15(13)14-3-2-8-20-14/h2-3,8,10-12,16H,4-7,9H2,1H3,(H,17,18). The fourth-order valence-corrected chi connectivity index (χ4v) is 3.49. The zero-order chi connectivity index (χ0) is 13.8. The highest BCUT2D eigenvalue weighted by atomic mass is 32.1. The second kappa shape index (κ2) is 6.52. The SMILES string of the molecule is CC(NCc1cn[nH]c1-c1cccs1)C1CCOCC1. The smallest absolute Gasteiger partial charge is 0.0794 e. The molecule has 1 aliphatic heterocycles. The Hall–Kier alpha value is -1.17. The maximum absolute atomic E-state index is 5.43. The molecule has 1 fully saturated rings. The van der Waals surface area contributed by atoms with E-state index in [4.69, 9.17) is 4.74 Å². The summed E-state index contributed by atoms with van der Waals surface area (Å²) in [6, 6.07) is 4.72. The molecule has 2 N–H and O–H groups in total. The van der Waals surface area contributed by atoms with Gasteiger partial charge < -0.3 is 10.1 Å². The van der Waals surface area contributed by atoms with Crippen LogP contribution in [0.4, 0.5) is 0 Å². The monoisotopic (exact) mass is 291 g/mol. The first-order chi connectivity index (χ1) is 9.84. The van der Waals surface area contributed by atoms with E-state index in [2.05, 4.69) is 40.0 Å². The van der Waals surface area contributed by atoms with Crippen LogP contribution in [0.15, 0.2) is 23.7 Å². The van der Waals surface area contributed by atoms with Gasteiger partial charge in [-0.1, -0.05) is 6.07 Å². The number of hydrogen-bond acceptors (Lipinski definition) is 4. The first-order valence-corrected chi connectivity index (χ1v) is 8.10. The van der Waals surface area contributed by atoms with Gasteiger partial charge in [-0.25, -0.2) is 0 Å². The third-order valence-corrected chi connectivity index (χ3v) is 4.96. The maximum Gasteiger partial charge on any atom is 0.0794 e. The van der Waals surface area contributed by atoms with E-state index in [-0.39, 0.29) is 0 Å². The summed E-state index contributed by atoms with van der Waals surface area (Å²) in [6.45, 7) is 4.95. The van der Waals surface area contributed by atoms with E-state index < -0.39 is 0 Å². The number of aromatic nitrogens is 2. The fraction of sp³-hybridized carbons (Fsp3) is 0.533. The Morgan fingerprint density at radius 2 is 2.35 bits per heavy atom. The van der Waals surface area contributed by atoms with Crippen molar-refractivity contribution in [1.82, 2.24) is 15.5 Å². The largest absolute Gasteiger partial charge is 0.381 e. The third-order valence-electron chi connectivity index (χ3n) is 4.07. The summed E-state index contributed by atoms with van der Waals surface area (Å²) in [5, 5.41) is 13.0. The molecule has 1 saturated heterocycles. The Labute approximate surface area is 123 Å². The number of H-pyrrole nitrogens is 1. The van der Waals surface area contributed by atoms with Gasteiger partial charge >= 0.3 is 0 Å². The lowest BCUT2D eigenvalue weighted by Gasteiger charge is -2.28. The number of nitrogens with one attached hydrogen (secondary N) is 2. The van der Waals surface area contributed by atoms with Crippen molar-refractivity contribution in [3.05, 3.63) is 29.3 Å². The molecular formula is C15H21N3OS. The van der Waals surface area contributed by atoms with Gasteiger partial charge in [0.05, 0.1) is 16.8 Å². The van der Waals surface area contributed by atoms with Gasteiger partial charge in [-0.3, -0.25) is 5.10 Å². The zero-order valence-electron chi connectivity index (χ0n) is 11.8. The van der Waals surface area contributed by atoms with Crippen LogP contribution in [-0.2, 0) is 11.3 Å². The Bertz CT molecular complexity index is 517. The van der Waals surface area contributed by atoms with Crippen molar-refractivity contribution in [2.24, 2.45) is 5.92 Å². The molecule has 0 amide bonds. The molecule has 20 heavy (non-hydrogen) atoms. The first-order valence-electron chi connectivity index (χ1n) is 7.22. The average Bonchev–Trinajstić information content (AvgIpc) is 3.16. The number of rotatable bonds is 5. The minimum Gasteiger partial charge on any atom is -0.381 e. The van der Waals surface area contributed by atoms with Crippen LogP contribution in [-0.4, -0.2) is 29.5 Å². The number of ether oxygens (including phenoxy) is 1. The molecule has 0 aromatic carbocycles. The van der Waals surface area contributed by atoms with Crippen molar-refractivity contribution in [3.63, 3.8) is 0 Å². The molecule has 2 aromatic rings. The zero-order valence-corrected chi connectivity index (χ0v) is 12.6. The van der Waals surface area contributed by atoms with Crippen LogP contribution in [0.1, 0.15) is 25.3 Å². The molecule has 1 aliphatic rings. The highest BCUT2D eigenvalue weighted by Gasteiger charge is 2.20. The van der Waals surface area contributed by atoms with Crippen LogP contribution < -0.4 is 5.32 Å². The van der Waals surface area contributed by atoms with Crippen LogP contribution in [0.5, 0.6) is 0 Å². The van der Waals surface area contributed by atoms with Gasteiger partial charge in [0.2, 0.25) is 0 Å². The van der Waals surface area contributed by atoms with E-state index in [0.717, 1.165) is 44.2 Å². The van der Waals surface area contributed by atoms with Crippen molar-refractivity contribution in [1.29, 1.82) is 0 Å². The van der Waals surface area contributed by atoms with Crippen LogP contribution in [0.25, 0.3) is 10.6 Å². The second-order valence-electron chi connectivity index (χ2n) is 5.37. The summed E-state index contributed by atoms with van der Waals surface area (Å²) < 4.78 is 5.43. The summed E-state index contributed by atoms with van der Waals surface area (Å²) >= 11 is 1.74. The summed E-state index contributed by atoms with van der Waals surface area (Å²) in [4.78, 5) is 1.25. The van der Waals surface area contributed by atoms with E-state index in [1.807, 2.05) is 6.20 Å². The van der Waals surface area contributed by atoms with Gasteiger partial charge in [0.15, 0.2) is 0 Å². The minimum absolute atomic E-state index is 0.519. The molecule has 1 atom stereocenters. The van der Waals surface area contributed by atoms with Crippen LogP contribution in [0, 0.1) is 5.92 Å². The van der Waals surface area contributed by atoms with Crippen molar-refractivity contribution >= 4 is 11.3 Å². The number of hydrogen-bond donors (Lipinski definition) is 2. The number of thiophene rings is 1. The van der Waals surface area contributed by atoms with E-state index in [9.17, 15) is 0 Å². The Kier molecular flexibility index (Phi) is 4.50. The highest BCUT2D eigenvalue weighted by Crippen LogP contribution is 2.26. The van der Waals surface area contributed by atoms with Crippen molar-refractivity contribution in [3.8, 4) is 10.6 Å². The topological polar surface area (TPSA) is 49.9 Å². The van der Waals surface area contributed by atoms with Gasteiger partial charge in [-0.2, -0.15) is 5.10 Å². The third kappa shape index (κ3) is 3.11. The molecule has 108 valence electrons. The normalized spacial score (nSPS) is 18.2. The quantitative estimate of drug-likeness (QED) is 0.890. The Balaban J connectivity index is 1.60. The molecule has 3 rings (SSSR count). The van der Waals surface area contributed by atoms with E-state index in [0.29, 0.717) is 6.04 Å². The average molecular weight is 291 g/mol. The van der Waals surface area contributed by atoms with Crippen LogP contribution >= 0.6 is 11.3 Å². The molecule has 5 heteroatoms. The van der Waals surface area contributed by atoms with Gasteiger partial charge in [0, 0.05) is 31.4 Å².